The quantitative estimate of drug-likeness (QED) is 0.408. The number of likely N-dealkylation sites (tertiary alicyclic amines) is 1. The zero-order valence-corrected chi connectivity index (χ0v) is 15.2. The predicted octanol–water partition coefficient (Wildman–Crippen LogP) is 1.94. The smallest absolute Gasteiger partial charge is 0.191 e. The summed E-state index contributed by atoms with van der Waals surface area (Å²) in [6.07, 6.45) is 3.65. The molecule has 1 unspecified atom stereocenters. The highest BCUT2D eigenvalue weighted by atomic mass is 16.5. The van der Waals surface area contributed by atoms with Gasteiger partial charge in [-0.3, -0.25) is 9.89 Å². The Balaban J connectivity index is 2.39. The van der Waals surface area contributed by atoms with Gasteiger partial charge in [0.05, 0.1) is 0 Å². The van der Waals surface area contributed by atoms with Gasteiger partial charge in [0.15, 0.2) is 5.96 Å². The first-order chi connectivity index (χ1) is 10.6. The molecule has 0 aromatic carbocycles. The van der Waals surface area contributed by atoms with Gasteiger partial charge in [0.25, 0.3) is 0 Å². The van der Waals surface area contributed by atoms with Crippen LogP contribution in [0.15, 0.2) is 4.99 Å². The van der Waals surface area contributed by atoms with Crippen molar-refractivity contribution >= 4 is 5.96 Å². The summed E-state index contributed by atoms with van der Waals surface area (Å²) in [6.45, 7) is 12.1. The van der Waals surface area contributed by atoms with Crippen molar-refractivity contribution in [1.29, 1.82) is 0 Å². The zero-order chi connectivity index (χ0) is 16.4. The number of aliphatic imine (C=N–C) groups is 1. The molecule has 1 aliphatic rings. The SMILES string of the molecule is CN=C(NCCCOC)NCC(C(C)C)N1CCC(C)CC1. The number of ether oxygens (including phenoxy) is 1. The van der Waals surface area contributed by atoms with Gasteiger partial charge < -0.3 is 15.4 Å². The molecule has 1 saturated heterocycles. The summed E-state index contributed by atoms with van der Waals surface area (Å²) in [6, 6.07) is 0.574. The van der Waals surface area contributed by atoms with Gasteiger partial charge in [-0.25, -0.2) is 0 Å². The van der Waals surface area contributed by atoms with Gasteiger partial charge in [-0.15, -0.1) is 0 Å². The minimum absolute atomic E-state index is 0.574. The number of hydrogen-bond acceptors (Lipinski definition) is 3. The van der Waals surface area contributed by atoms with E-state index in [0.29, 0.717) is 12.0 Å². The first kappa shape index (κ1) is 19.2. The van der Waals surface area contributed by atoms with Gasteiger partial charge in [0, 0.05) is 39.9 Å². The van der Waals surface area contributed by atoms with E-state index in [9.17, 15) is 0 Å². The van der Waals surface area contributed by atoms with Crippen LogP contribution >= 0.6 is 0 Å². The average Bonchev–Trinajstić information content (AvgIpc) is 2.51. The Bertz CT molecular complexity index is 312. The third kappa shape index (κ3) is 6.97. The molecular weight excluding hydrogens is 276 g/mol. The Morgan fingerprint density at radius 2 is 1.95 bits per heavy atom. The first-order valence-electron chi connectivity index (χ1n) is 8.76. The Morgan fingerprint density at radius 3 is 2.50 bits per heavy atom. The molecule has 1 aliphatic heterocycles. The molecule has 5 nitrogen and oxygen atoms in total. The van der Waals surface area contributed by atoms with Crippen molar-refractivity contribution in [2.24, 2.45) is 16.8 Å². The lowest BCUT2D eigenvalue weighted by atomic mass is 9.94. The molecule has 22 heavy (non-hydrogen) atoms. The van der Waals surface area contributed by atoms with Gasteiger partial charge in [0.2, 0.25) is 0 Å². The minimum Gasteiger partial charge on any atom is -0.385 e. The van der Waals surface area contributed by atoms with Crippen LogP contribution in [0.3, 0.4) is 0 Å². The predicted molar refractivity (Wildman–Crippen MR) is 94.5 cm³/mol. The molecule has 0 bridgehead atoms. The van der Waals surface area contributed by atoms with Crippen molar-refractivity contribution in [2.75, 3.05) is 46.9 Å². The summed E-state index contributed by atoms with van der Waals surface area (Å²) in [5.41, 5.74) is 0. The van der Waals surface area contributed by atoms with Crippen LogP contribution in [0.2, 0.25) is 0 Å². The lowest BCUT2D eigenvalue weighted by Gasteiger charge is -2.39. The molecule has 0 saturated carbocycles. The van der Waals surface area contributed by atoms with E-state index in [0.717, 1.165) is 38.0 Å². The van der Waals surface area contributed by atoms with E-state index in [1.54, 1.807) is 7.11 Å². The number of hydrogen-bond donors (Lipinski definition) is 2. The second-order valence-corrected chi connectivity index (χ2v) is 6.76. The highest BCUT2D eigenvalue weighted by molar-refractivity contribution is 5.79. The average molecular weight is 313 g/mol. The molecule has 1 rings (SSSR count). The van der Waals surface area contributed by atoms with Crippen LogP contribution in [0.4, 0.5) is 0 Å². The lowest BCUT2D eigenvalue weighted by molar-refractivity contribution is 0.110. The van der Waals surface area contributed by atoms with Crippen molar-refractivity contribution in [3.63, 3.8) is 0 Å². The largest absolute Gasteiger partial charge is 0.385 e. The number of nitrogens with one attached hydrogen (secondary N) is 2. The Morgan fingerprint density at radius 1 is 1.27 bits per heavy atom. The number of methoxy groups -OCH3 is 1. The van der Waals surface area contributed by atoms with E-state index in [-0.39, 0.29) is 0 Å². The van der Waals surface area contributed by atoms with Crippen LogP contribution < -0.4 is 10.6 Å². The van der Waals surface area contributed by atoms with Crippen molar-refractivity contribution in [2.45, 2.75) is 46.1 Å². The summed E-state index contributed by atoms with van der Waals surface area (Å²) in [4.78, 5) is 6.96. The molecule has 0 aliphatic carbocycles. The molecule has 0 aromatic rings. The highest BCUT2D eigenvalue weighted by Gasteiger charge is 2.25. The normalized spacial score (nSPS) is 19.5. The maximum Gasteiger partial charge on any atom is 0.191 e. The third-order valence-electron chi connectivity index (χ3n) is 4.58. The zero-order valence-electron chi connectivity index (χ0n) is 15.2. The second kappa shape index (κ2) is 10.8. The van der Waals surface area contributed by atoms with Crippen LogP contribution in [-0.2, 0) is 4.74 Å². The molecule has 0 spiro atoms. The second-order valence-electron chi connectivity index (χ2n) is 6.76. The Hall–Kier alpha value is -0.810. The van der Waals surface area contributed by atoms with Crippen LogP contribution in [0.1, 0.15) is 40.0 Å². The number of guanidine groups is 1. The highest BCUT2D eigenvalue weighted by Crippen LogP contribution is 2.20. The summed E-state index contributed by atoms with van der Waals surface area (Å²) in [7, 11) is 3.57. The fraction of sp³-hybridized carbons (Fsp3) is 0.941. The molecule has 130 valence electrons. The first-order valence-corrected chi connectivity index (χ1v) is 8.76. The fourth-order valence-corrected chi connectivity index (χ4v) is 2.99. The van der Waals surface area contributed by atoms with E-state index >= 15 is 0 Å². The number of piperidine rings is 1. The maximum absolute atomic E-state index is 5.07. The van der Waals surface area contributed by atoms with Gasteiger partial charge >= 0.3 is 0 Å². The molecular formula is C17H36N4O. The molecule has 2 N–H and O–H groups in total. The maximum atomic E-state index is 5.07. The van der Waals surface area contributed by atoms with Crippen LogP contribution in [0.25, 0.3) is 0 Å². The minimum atomic E-state index is 0.574. The van der Waals surface area contributed by atoms with E-state index in [4.69, 9.17) is 4.74 Å². The van der Waals surface area contributed by atoms with E-state index in [1.807, 2.05) is 7.05 Å². The molecule has 1 heterocycles. The van der Waals surface area contributed by atoms with Crippen molar-refractivity contribution in [1.82, 2.24) is 15.5 Å². The van der Waals surface area contributed by atoms with E-state index in [1.165, 1.54) is 25.9 Å². The molecule has 5 heteroatoms. The summed E-state index contributed by atoms with van der Waals surface area (Å²) in [5.74, 6) is 2.42. The van der Waals surface area contributed by atoms with Gasteiger partial charge in [-0.05, 0) is 44.2 Å². The van der Waals surface area contributed by atoms with Gasteiger partial charge in [-0.1, -0.05) is 20.8 Å². The standard InChI is InChI=1S/C17H36N4O/c1-14(2)16(21-10-7-15(3)8-11-21)13-20-17(18-4)19-9-6-12-22-5/h14-16H,6-13H2,1-5H3,(H2,18,19,20). The monoisotopic (exact) mass is 312 g/mol. The Labute approximate surface area is 136 Å². The van der Waals surface area contributed by atoms with Crippen LogP contribution in [-0.4, -0.2) is 63.8 Å². The molecule has 1 atom stereocenters. The third-order valence-corrected chi connectivity index (χ3v) is 4.58. The summed E-state index contributed by atoms with van der Waals surface area (Å²) < 4.78 is 5.07. The molecule has 0 radical (unpaired) electrons. The number of rotatable bonds is 8. The Kier molecular flexibility index (Phi) is 9.48. The fourth-order valence-electron chi connectivity index (χ4n) is 2.99. The lowest BCUT2D eigenvalue weighted by Crippen LogP contribution is -2.51. The summed E-state index contributed by atoms with van der Waals surface area (Å²) >= 11 is 0. The molecule has 0 aromatic heterocycles. The van der Waals surface area contributed by atoms with Crippen molar-refractivity contribution in [3.05, 3.63) is 0 Å². The summed E-state index contributed by atoms with van der Waals surface area (Å²) in [5, 5.41) is 6.84. The van der Waals surface area contributed by atoms with Crippen molar-refractivity contribution < 1.29 is 4.74 Å². The van der Waals surface area contributed by atoms with Gasteiger partial charge in [-0.2, -0.15) is 0 Å². The van der Waals surface area contributed by atoms with Crippen molar-refractivity contribution in [3.8, 4) is 0 Å². The molecule has 1 fully saturated rings. The van der Waals surface area contributed by atoms with Crippen LogP contribution in [0, 0.1) is 11.8 Å². The van der Waals surface area contributed by atoms with E-state index in [2.05, 4.69) is 41.3 Å². The topological polar surface area (TPSA) is 48.9 Å². The number of nitrogens with zero attached hydrogens (tertiary/aromatic N) is 2. The van der Waals surface area contributed by atoms with Crippen LogP contribution in [0.5, 0.6) is 0 Å². The van der Waals surface area contributed by atoms with E-state index < -0.39 is 0 Å². The van der Waals surface area contributed by atoms with Gasteiger partial charge in [0.1, 0.15) is 0 Å². The molecule has 0 amide bonds.